The minimum Gasteiger partial charge on any atom is -0.259 e. The van der Waals surface area contributed by atoms with Gasteiger partial charge in [-0.3, -0.25) is 15.0 Å². The molecule has 2 aromatic heterocycles. The fourth-order valence-corrected chi connectivity index (χ4v) is 1.89. The number of allylic oxidation sites excluding steroid dienone is 1. The van der Waals surface area contributed by atoms with Crippen molar-refractivity contribution in [3.63, 3.8) is 0 Å². The normalized spacial score (nSPS) is 18.8. The average molecular weight is 237 g/mol. The predicted molar refractivity (Wildman–Crippen MR) is 72.4 cm³/mol. The highest BCUT2D eigenvalue weighted by molar-refractivity contribution is 6.04. The Morgan fingerprint density at radius 2 is 2.00 bits per heavy atom. The molecule has 0 fully saturated rings. The number of pyridine rings is 2. The molecule has 0 saturated carbocycles. The maximum absolute atomic E-state index is 7.84. The van der Waals surface area contributed by atoms with Crippen LogP contribution in [0, 0.1) is 0 Å². The van der Waals surface area contributed by atoms with Crippen molar-refractivity contribution in [1.82, 2.24) is 9.97 Å². The molecule has 88 valence electrons. The van der Waals surface area contributed by atoms with Crippen LogP contribution in [0.3, 0.4) is 0 Å². The molecule has 1 aliphatic rings. The number of aromatic nitrogens is 2. The second-order valence-corrected chi connectivity index (χ2v) is 3.89. The molecule has 3 rings (SSSR count). The van der Waals surface area contributed by atoms with Gasteiger partial charge in [0.1, 0.15) is 0 Å². The van der Waals surface area contributed by atoms with E-state index in [9.17, 15) is 0 Å². The number of rotatable bonds is 2. The molecule has 3 heterocycles. The molecule has 0 saturated heterocycles. The van der Waals surface area contributed by atoms with Gasteiger partial charge in [-0.25, -0.2) is 0 Å². The zero-order valence-corrected chi connectivity index (χ0v) is 9.74. The first-order chi connectivity index (χ1) is 9.66. The average Bonchev–Trinajstić information content (AvgIpc) is 2.47. The van der Waals surface area contributed by atoms with Gasteiger partial charge in [-0.15, -0.1) is 0 Å². The molecule has 1 aliphatic heterocycles. The van der Waals surface area contributed by atoms with Crippen molar-refractivity contribution in [3.05, 3.63) is 60.7 Å². The van der Waals surface area contributed by atoms with Crippen LogP contribution in [-0.2, 0) is 0 Å². The van der Waals surface area contributed by atoms with Crippen LogP contribution in [0.15, 0.2) is 60.0 Å². The Hall–Kier alpha value is -2.29. The molecule has 0 unspecified atom stereocenters. The first-order valence-electron chi connectivity index (χ1n) is 6.77. The van der Waals surface area contributed by atoms with Crippen molar-refractivity contribution in [1.29, 1.82) is 0 Å². The predicted octanol–water partition coefficient (Wildman–Crippen LogP) is 3.24. The lowest BCUT2D eigenvalue weighted by molar-refractivity contribution is 1.05. The van der Waals surface area contributed by atoms with E-state index in [0.29, 0.717) is 11.4 Å². The van der Waals surface area contributed by atoms with Gasteiger partial charge in [0.2, 0.25) is 0 Å². The summed E-state index contributed by atoms with van der Waals surface area (Å²) < 4.78 is 15.7. The zero-order valence-electron chi connectivity index (χ0n) is 11.7. The standard InChI is InChI=1S/C15H13N3/c1-3-9-16-13(7-1)12-6-5-11-18-15(12)14-8-2-4-10-17-14/h1,3-7,9-11H,2,8H2/i2D2. The van der Waals surface area contributed by atoms with Crippen molar-refractivity contribution < 1.29 is 2.74 Å². The molecule has 0 spiro atoms. The fraction of sp³-hybridized carbons (Fsp3) is 0.133. The second kappa shape index (κ2) is 4.92. The van der Waals surface area contributed by atoms with Gasteiger partial charge in [0.25, 0.3) is 0 Å². The van der Waals surface area contributed by atoms with Crippen LogP contribution >= 0.6 is 0 Å². The number of hydrogen-bond donors (Lipinski definition) is 0. The number of hydrogen-bond acceptors (Lipinski definition) is 3. The van der Waals surface area contributed by atoms with Gasteiger partial charge in [-0.05, 0) is 37.1 Å². The lowest BCUT2D eigenvalue weighted by atomic mass is 10.0. The number of aliphatic imine (C=N–C) groups is 1. The van der Waals surface area contributed by atoms with Gasteiger partial charge in [0, 0.05) is 26.9 Å². The molecular weight excluding hydrogens is 222 g/mol. The molecule has 0 bridgehead atoms. The van der Waals surface area contributed by atoms with E-state index in [2.05, 4.69) is 15.0 Å². The largest absolute Gasteiger partial charge is 0.259 e. The van der Waals surface area contributed by atoms with Crippen LogP contribution in [0.25, 0.3) is 11.3 Å². The third kappa shape index (κ3) is 2.07. The molecule has 0 aliphatic carbocycles. The lowest BCUT2D eigenvalue weighted by Crippen LogP contribution is -2.07. The summed E-state index contributed by atoms with van der Waals surface area (Å²) in [6, 6.07) is 9.47. The van der Waals surface area contributed by atoms with E-state index < -0.39 is 6.37 Å². The summed E-state index contributed by atoms with van der Waals surface area (Å²) in [4.78, 5) is 13.0. The molecule has 3 nitrogen and oxygen atoms in total. The van der Waals surface area contributed by atoms with E-state index in [1.165, 1.54) is 12.3 Å². The second-order valence-electron chi connectivity index (χ2n) is 3.89. The van der Waals surface area contributed by atoms with E-state index in [1.54, 1.807) is 12.4 Å². The van der Waals surface area contributed by atoms with E-state index in [0.717, 1.165) is 11.3 Å². The molecule has 18 heavy (non-hydrogen) atoms. The van der Waals surface area contributed by atoms with Crippen LogP contribution in [0.5, 0.6) is 0 Å². The maximum atomic E-state index is 7.84. The summed E-state index contributed by atoms with van der Waals surface area (Å²) in [6.07, 6.45) is 5.25. The van der Waals surface area contributed by atoms with E-state index >= 15 is 0 Å². The Kier molecular flexibility index (Phi) is 2.39. The summed E-state index contributed by atoms with van der Waals surface area (Å²) in [5.41, 5.74) is 3.03. The van der Waals surface area contributed by atoms with E-state index in [4.69, 9.17) is 2.74 Å². The van der Waals surface area contributed by atoms with Crippen molar-refractivity contribution >= 4 is 5.71 Å². The number of nitrogens with zero attached hydrogens (tertiary/aromatic N) is 3. The SMILES string of the molecule is [2H]C1([2H])C=CN=C(c2ncccc2-c2ccccn2)C1. The van der Waals surface area contributed by atoms with Gasteiger partial charge >= 0.3 is 0 Å². The van der Waals surface area contributed by atoms with Gasteiger partial charge < -0.3 is 0 Å². The van der Waals surface area contributed by atoms with Crippen LogP contribution in [0.4, 0.5) is 0 Å². The fourth-order valence-electron chi connectivity index (χ4n) is 1.89. The summed E-state index contributed by atoms with van der Waals surface area (Å²) >= 11 is 0. The van der Waals surface area contributed by atoms with Gasteiger partial charge in [-0.2, -0.15) is 0 Å². The van der Waals surface area contributed by atoms with E-state index in [1.807, 2.05) is 30.3 Å². The quantitative estimate of drug-likeness (QED) is 0.804. The van der Waals surface area contributed by atoms with Gasteiger partial charge in [-0.1, -0.05) is 12.1 Å². The highest BCUT2D eigenvalue weighted by Crippen LogP contribution is 2.22. The van der Waals surface area contributed by atoms with E-state index in [-0.39, 0.29) is 6.42 Å². The Bertz CT molecular complexity index is 679. The molecule has 3 heteroatoms. The van der Waals surface area contributed by atoms with Crippen molar-refractivity contribution in [2.24, 2.45) is 4.99 Å². The van der Waals surface area contributed by atoms with Gasteiger partial charge in [0.05, 0.1) is 17.1 Å². The Labute approximate surface area is 109 Å². The topological polar surface area (TPSA) is 38.1 Å². The molecular formula is C15H13N3. The smallest absolute Gasteiger partial charge is 0.0938 e. The molecule has 2 aromatic rings. The zero-order chi connectivity index (χ0) is 14.0. The summed E-state index contributed by atoms with van der Waals surface area (Å²) in [5.74, 6) is 0. The Balaban J connectivity index is 2.08. The maximum Gasteiger partial charge on any atom is 0.0938 e. The summed E-state index contributed by atoms with van der Waals surface area (Å²) in [6.45, 7) is 0. The molecule has 0 aromatic carbocycles. The Morgan fingerprint density at radius 1 is 1.06 bits per heavy atom. The van der Waals surface area contributed by atoms with Crippen molar-refractivity contribution in [2.45, 2.75) is 12.8 Å². The molecule has 0 N–H and O–H groups in total. The van der Waals surface area contributed by atoms with Crippen LogP contribution in [0.1, 0.15) is 21.2 Å². The third-order valence-electron chi connectivity index (χ3n) is 2.71. The minimum atomic E-state index is -1.38. The molecule has 0 radical (unpaired) electrons. The van der Waals surface area contributed by atoms with Crippen molar-refractivity contribution in [3.8, 4) is 11.3 Å². The highest BCUT2D eigenvalue weighted by atomic mass is 14.8. The van der Waals surface area contributed by atoms with Crippen LogP contribution < -0.4 is 0 Å². The van der Waals surface area contributed by atoms with Crippen molar-refractivity contribution in [2.75, 3.05) is 0 Å². The van der Waals surface area contributed by atoms with Crippen LogP contribution in [-0.4, -0.2) is 15.7 Å². The van der Waals surface area contributed by atoms with Gasteiger partial charge in [0.15, 0.2) is 0 Å². The Morgan fingerprint density at radius 3 is 2.83 bits per heavy atom. The summed E-state index contributed by atoms with van der Waals surface area (Å²) in [5, 5.41) is 0. The lowest BCUT2D eigenvalue weighted by Gasteiger charge is -2.11. The van der Waals surface area contributed by atoms with Crippen LogP contribution in [0.2, 0.25) is 0 Å². The third-order valence-corrected chi connectivity index (χ3v) is 2.71. The minimum absolute atomic E-state index is 0.223. The summed E-state index contributed by atoms with van der Waals surface area (Å²) in [7, 11) is 0. The molecule has 0 amide bonds. The first-order valence-corrected chi connectivity index (χ1v) is 5.77. The highest BCUT2D eigenvalue weighted by Gasteiger charge is 2.13. The monoisotopic (exact) mass is 237 g/mol. The molecule has 0 atom stereocenters. The first kappa shape index (κ1) is 8.75.